The molecule has 6 heteroatoms. The van der Waals surface area contributed by atoms with Crippen molar-refractivity contribution in [1.82, 2.24) is 20.9 Å². The third kappa shape index (κ3) is 5.31. The summed E-state index contributed by atoms with van der Waals surface area (Å²) in [5.41, 5.74) is 2.56. The number of benzene rings is 1. The number of carbonyl (C=O) groups excluding carboxylic acids is 1. The second-order valence-corrected chi connectivity index (χ2v) is 8.45. The molecule has 0 spiro atoms. The number of rotatable bonds is 7. The monoisotopic (exact) mass is 395 g/mol. The van der Waals surface area contributed by atoms with Gasteiger partial charge in [0.2, 0.25) is 5.91 Å². The Morgan fingerprint density at radius 2 is 2.00 bits per heavy atom. The number of aromatic nitrogens is 1. The number of fused-ring (bicyclic) bond motifs is 1. The molecule has 4 N–H and O–H groups in total. The molecule has 2 unspecified atom stereocenters. The standard InChI is InChI=1S/C23H33N5O/c1-24-23(25-13-5-7-17-15-26-21-10-3-2-9-20(17)21)28-19-8-4-6-16(14-19)22(29)27-18-11-12-18/h2-3,9-10,15-16,18-19,26H,4-8,11-14H2,1H3,(H,27,29)(H2,24,25,28). The predicted octanol–water partition coefficient (Wildman–Crippen LogP) is 3.10. The van der Waals surface area contributed by atoms with Gasteiger partial charge in [0.05, 0.1) is 0 Å². The molecule has 1 amide bonds. The van der Waals surface area contributed by atoms with Gasteiger partial charge in [0.1, 0.15) is 0 Å². The van der Waals surface area contributed by atoms with E-state index in [0.717, 1.165) is 63.9 Å². The van der Waals surface area contributed by atoms with Crippen LogP contribution in [-0.2, 0) is 11.2 Å². The van der Waals surface area contributed by atoms with Crippen LogP contribution >= 0.6 is 0 Å². The number of amides is 1. The lowest BCUT2D eigenvalue weighted by molar-refractivity contribution is -0.126. The maximum absolute atomic E-state index is 12.4. The smallest absolute Gasteiger partial charge is 0.223 e. The van der Waals surface area contributed by atoms with Gasteiger partial charge in [0, 0.05) is 48.7 Å². The minimum atomic E-state index is 0.141. The van der Waals surface area contributed by atoms with Gasteiger partial charge in [-0.15, -0.1) is 0 Å². The fourth-order valence-corrected chi connectivity index (χ4v) is 4.32. The van der Waals surface area contributed by atoms with Crippen molar-refractivity contribution < 1.29 is 4.79 Å². The minimum Gasteiger partial charge on any atom is -0.361 e. The van der Waals surface area contributed by atoms with E-state index in [4.69, 9.17) is 0 Å². The van der Waals surface area contributed by atoms with Crippen LogP contribution < -0.4 is 16.0 Å². The minimum absolute atomic E-state index is 0.141. The van der Waals surface area contributed by atoms with Crippen molar-refractivity contribution in [1.29, 1.82) is 0 Å². The molecule has 1 aromatic carbocycles. The quantitative estimate of drug-likeness (QED) is 0.330. The largest absolute Gasteiger partial charge is 0.361 e. The van der Waals surface area contributed by atoms with Crippen LogP contribution in [0.1, 0.15) is 50.5 Å². The highest BCUT2D eigenvalue weighted by molar-refractivity contribution is 5.83. The lowest BCUT2D eigenvalue weighted by atomic mass is 9.85. The molecule has 6 nitrogen and oxygen atoms in total. The van der Waals surface area contributed by atoms with Crippen molar-refractivity contribution in [3.63, 3.8) is 0 Å². The summed E-state index contributed by atoms with van der Waals surface area (Å²) in [7, 11) is 1.81. The number of hydrogen-bond acceptors (Lipinski definition) is 2. The molecule has 2 atom stereocenters. The number of para-hydroxylation sites is 1. The van der Waals surface area contributed by atoms with Gasteiger partial charge in [-0.2, -0.15) is 0 Å². The van der Waals surface area contributed by atoms with E-state index in [9.17, 15) is 4.79 Å². The fraction of sp³-hybridized carbons (Fsp3) is 0.565. The van der Waals surface area contributed by atoms with Crippen molar-refractivity contribution in [2.45, 2.75) is 63.5 Å². The van der Waals surface area contributed by atoms with Gasteiger partial charge in [0.15, 0.2) is 5.96 Å². The van der Waals surface area contributed by atoms with Gasteiger partial charge in [0.25, 0.3) is 0 Å². The van der Waals surface area contributed by atoms with Gasteiger partial charge < -0.3 is 20.9 Å². The van der Waals surface area contributed by atoms with Crippen LogP contribution in [0.2, 0.25) is 0 Å². The Bertz CT molecular complexity index is 854. The topological polar surface area (TPSA) is 81.3 Å². The molecular formula is C23H33N5O. The Morgan fingerprint density at radius 3 is 2.83 bits per heavy atom. The van der Waals surface area contributed by atoms with Crippen LogP contribution in [0.4, 0.5) is 0 Å². The van der Waals surface area contributed by atoms with E-state index in [0.29, 0.717) is 12.1 Å². The highest BCUT2D eigenvalue weighted by atomic mass is 16.2. The van der Waals surface area contributed by atoms with Crippen LogP contribution in [0.3, 0.4) is 0 Å². The fourth-order valence-electron chi connectivity index (χ4n) is 4.32. The molecule has 2 fully saturated rings. The number of nitrogens with one attached hydrogen (secondary N) is 4. The highest BCUT2D eigenvalue weighted by Crippen LogP contribution is 2.26. The lowest BCUT2D eigenvalue weighted by Gasteiger charge is -2.30. The Kier molecular flexibility index (Phi) is 6.37. The van der Waals surface area contributed by atoms with E-state index >= 15 is 0 Å². The maximum atomic E-state index is 12.4. The number of carbonyl (C=O) groups is 1. The number of H-pyrrole nitrogens is 1. The zero-order chi connectivity index (χ0) is 20.1. The molecule has 0 bridgehead atoms. The summed E-state index contributed by atoms with van der Waals surface area (Å²) in [5, 5.41) is 11.5. The summed E-state index contributed by atoms with van der Waals surface area (Å²) in [5.74, 6) is 1.24. The first kappa shape index (κ1) is 19.8. The Labute approximate surface area is 172 Å². The van der Waals surface area contributed by atoms with E-state index in [1.165, 1.54) is 16.5 Å². The SMILES string of the molecule is CN=C(NCCCc1c[nH]c2ccccc12)NC1CCCC(C(=O)NC2CC2)C1. The maximum Gasteiger partial charge on any atom is 0.223 e. The second-order valence-electron chi connectivity index (χ2n) is 8.45. The van der Waals surface area contributed by atoms with Gasteiger partial charge in [-0.1, -0.05) is 24.6 Å². The van der Waals surface area contributed by atoms with E-state index < -0.39 is 0 Å². The van der Waals surface area contributed by atoms with Crippen molar-refractivity contribution in [3.8, 4) is 0 Å². The van der Waals surface area contributed by atoms with Gasteiger partial charge in [-0.3, -0.25) is 9.79 Å². The zero-order valence-electron chi connectivity index (χ0n) is 17.3. The Balaban J connectivity index is 1.20. The Hall–Kier alpha value is -2.50. The first-order valence-corrected chi connectivity index (χ1v) is 11.1. The zero-order valence-corrected chi connectivity index (χ0v) is 17.3. The van der Waals surface area contributed by atoms with Crippen molar-refractivity contribution >= 4 is 22.8 Å². The van der Waals surface area contributed by atoms with Gasteiger partial charge in [-0.25, -0.2) is 0 Å². The molecule has 156 valence electrons. The van der Waals surface area contributed by atoms with E-state index in [1.54, 1.807) is 0 Å². The van der Waals surface area contributed by atoms with Crippen LogP contribution in [0.25, 0.3) is 10.9 Å². The molecule has 2 aliphatic carbocycles. The molecular weight excluding hydrogens is 362 g/mol. The molecule has 0 radical (unpaired) electrons. The first-order valence-electron chi connectivity index (χ1n) is 11.1. The Morgan fingerprint density at radius 1 is 1.14 bits per heavy atom. The molecule has 0 aliphatic heterocycles. The van der Waals surface area contributed by atoms with E-state index in [2.05, 4.69) is 56.4 Å². The van der Waals surface area contributed by atoms with Crippen LogP contribution in [0, 0.1) is 5.92 Å². The molecule has 0 saturated heterocycles. The lowest BCUT2D eigenvalue weighted by Crippen LogP contribution is -2.47. The number of aromatic amines is 1. The van der Waals surface area contributed by atoms with Crippen LogP contribution in [-0.4, -0.2) is 42.5 Å². The first-order chi connectivity index (χ1) is 14.2. The van der Waals surface area contributed by atoms with E-state index in [-0.39, 0.29) is 11.8 Å². The highest BCUT2D eigenvalue weighted by Gasteiger charge is 2.31. The van der Waals surface area contributed by atoms with Crippen LogP contribution in [0.15, 0.2) is 35.5 Å². The summed E-state index contributed by atoms with van der Waals surface area (Å²) in [6.07, 6.45) is 10.6. The molecule has 29 heavy (non-hydrogen) atoms. The van der Waals surface area contributed by atoms with E-state index in [1.807, 2.05) is 7.05 Å². The summed E-state index contributed by atoms with van der Waals surface area (Å²) in [6.45, 7) is 0.873. The summed E-state index contributed by atoms with van der Waals surface area (Å²) >= 11 is 0. The summed E-state index contributed by atoms with van der Waals surface area (Å²) in [4.78, 5) is 20.1. The third-order valence-corrected chi connectivity index (χ3v) is 6.12. The number of hydrogen-bond donors (Lipinski definition) is 4. The van der Waals surface area contributed by atoms with Gasteiger partial charge in [-0.05, 0) is 56.6 Å². The van der Waals surface area contributed by atoms with Crippen molar-refractivity contribution in [2.75, 3.05) is 13.6 Å². The molecule has 1 aromatic heterocycles. The molecule has 2 aliphatic rings. The average molecular weight is 396 g/mol. The molecule has 2 aromatic rings. The molecule has 2 saturated carbocycles. The van der Waals surface area contributed by atoms with Crippen molar-refractivity contribution in [3.05, 3.63) is 36.0 Å². The number of guanidine groups is 1. The normalized spacial score (nSPS) is 22.4. The number of nitrogens with zero attached hydrogens (tertiary/aromatic N) is 1. The molecule has 4 rings (SSSR count). The summed E-state index contributed by atoms with van der Waals surface area (Å²) < 4.78 is 0. The third-order valence-electron chi connectivity index (χ3n) is 6.12. The van der Waals surface area contributed by atoms with Crippen LogP contribution in [0.5, 0.6) is 0 Å². The molecule has 1 heterocycles. The average Bonchev–Trinajstić information content (AvgIpc) is 3.47. The summed E-state index contributed by atoms with van der Waals surface area (Å²) in [6, 6.07) is 9.21. The number of aliphatic imine (C=N–C) groups is 1. The van der Waals surface area contributed by atoms with Crippen molar-refractivity contribution in [2.24, 2.45) is 10.9 Å². The number of aryl methyl sites for hydroxylation is 1. The second kappa shape index (κ2) is 9.33. The van der Waals surface area contributed by atoms with Gasteiger partial charge >= 0.3 is 0 Å². The predicted molar refractivity (Wildman–Crippen MR) is 118 cm³/mol.